The van der Waals surface area contributed by atoms with Crippen LogP contribution in [0.5, 0.6) is 0 Å². The summed E-state index contributed by atoms with van der Waals surface area (Å²) in [5.74, 6) is -0.340. The number of likely N-dealkylation sites (N-methyl/N-ethyl adjacent to an activating group) is 1. The van der Waals surface area contributed by atoms with E-state index in [1.54, 1.807) is 29.4 Å². The van der Waals surface area contributed by atoms with Gasteiger partial charge in [0.2, 0.25) is 5.91 Å². The van der Waals surface area contributed by atoms with E-state index >= 15 is 0 Å². The van der Waals surface area contributed by atoms with Crippen molar-refractivity contribution in [1.29, 1.82) is 0 Å². The van der Waals surface area contributed by atoms with Crippen molar-refractivity contribution in [2.75, 3.05) is 33.4 Å². The van der Waals surface area contributed by atoms with E-state index in [0.29, 0.717) is 38.4 Å². The number of rotatable bonds is 5. The Labute approximate surface area is 145 Å². The number of hydrogen-bond donors (Lipinski definition) is 0. The second kappa shape index (κ2) is 7.88. The van der Waals surface area contributed by atoms with Crippen molar-refractivity contribution in [3.05, 3.63) is 58.0 Å². The summed E-state index contributed by atoms with van der Waals surface area (Å²) in [6, 6.07) is 7.87. The summed E-state index contributed by atoms with van der Waals surface area (Å²) in [5.41, 5.74) is 1.80. The van der Waals surface area contributed by atoms with Gasteiger partial charge in [0.15, 0.2) is 0 Å². The average molecular weight is 348 g/mol. The summed E-state index contributed by atoms with van der Waals surface area (Å²) in [6.45, 7) is 3.07. The molecule has 3 rings (SSSR count). The largest absolute Gasteiger partial charge is 0.379 e. The van der Waals surface area contributed by atoms with Crippen molar-refractivity contribution in [3.63, 3.8) is 0 Å². The minimum atomic E-state index is -0.478. The number of benzene rings is 1. The van der Waals surface area contributed by atoms with Crippen molar-refractivity contribution in [3.8, 4) is 0 Å². The van der Waals surface area contributed by atoms with Gasteiger partial charge in [-0.15, -0.1) is 0 Å². The average Bonchev–Trinajstić information content (AvgIpc) is 3.09. The first-order valence-electron chi connectivity index (χ1n) is 7.98. The Balaban J connectivity index is 1.84. The molecule has 0 bridgehead atoms. The molecule has 1 amide bonds. The van der Waals surface area contributed by atoms with Gasteiger partial charge in [-0.25, -0.2) is 4.39 Å². The number of halogens is 1. The lowest BCUT2D eigenvalue weighted by Crippen LogP contribution is -2.46. The molecule has 0 aliphatic carbocycles. The zero-order chi connectivity index (χ0) is 16.9. The van der Waals surface area contributed by atoms with E-state index < -0.39 is 6.04 Å². The Morgan fingerprint density at radius 2 is 2.17 bits per heavy atom. The monoisotopic (exact) mass is 348 g/mol. The minimum Gasteiger partial charge on any atom is -0.379 e. The van der Waals surface area contributed by atoms with E-state index in [-0.39, 0.29) is 11.7 Å². The van der Waals surface area contributed by atoms with Crippen molar-refractivity contribution in [2.45, 2.75) is 12.6 Å². The maximum absolute atomic E-state index is 13.7. The summed E-state index contributed by atoms with van der Waals surface area (Å²) < 4.78 is 19.1. The maximum atomic E-state index is 13.7. The first-order valence-corrected chi connectivity index (χ1v) is 8.93. The Morgan fingerprint density at radius 3 is 2.83 bits per heavy atom. The molecular weight excluding hydrogens is 327 g/mol. The van der Waals surface area contributed by atoms with E-state index in [0.717, 1.165) is 5.56 Å². The topological polar surface area (TPSA) is 32.8 Å². The molecule has 6 heteroatoms. The van der Waals surface area contributed by atoms with Gasteiger partial charge in [-0.1, -0.05) is 12.1 Å². The smallest absolute Gasteiger partial charge is 0.244 e. The van der Waals surface area contributed by atoms with Gasteiger partial charge in [0.25, 0.3) is 0 Å². The van der Waals surface area contributed by atoms with Gasteiger partial charge in [-0.05, 0) is 40.1 Å². The van der Waals surface area contributed by atoms with Gasteiger partial charge in [0.1, 0.15) is 11.9 Å². The lowest BCUT2D eigenvalue weighted by atomic mass is 10.0. The molecule has 1 aliphatic rings. The second-order valence-electron chi connectivity index (χ2n) is 5.93. The first-order chi connectivity index (χ1) is 11.6. The van der Waals surface area contributed by atoms with Gasteiger partial charge in [-0.3, -0.25) is 9.69 Å². The summed E-state index contributed by atoms with van der Waals surface area (Å²) >= 11 is 1.61. The molecule has 0 N–H and O–H groups in total. The predicted octanol–water partition coefficient (Wildman–Crippen LogP) is 2.92. The highest BCUT2D eigenvalue weighted by atomic mass is 32.1. The van der Waals surface area contributed by atoms with E-state index in [2.05, 4.69) is 4.90 Å². The van der Waals surface area contributed by atoms with Crippen molar-refractivity contribution < 1.29 is 13.9 Å². The van der Waals surface area contributed by atoms with Crippen LogP contribution in [0.1, 0.15) is 17.2 Å². The van der Waals surface area contributed by atoms with E-state index in [4.69, 9.17) is 4.74 Å². The van der Waals surface area contributed by atoms with Crippen molar-refractivity contribution in [2.24, 2.45) is 0 Å². The van der Waals surface area contributed by atoms with Gasteiger partial charge >= 0.3 is 0 Å². The molecule has 1 atom stereocenters. The summed E-state index contributed by atoms with van der Waals surface area (Å²) in [4.78, 5) is 16.9. The van der Waals surface area contributed by atoms with Crippen LogP contribution in [0.15, 0.2) is 41.1 Å². The molecule has 24 heavy (non-hydrogen) atoms. The van der Waals surface area contributed by atoms with E-state index in [1.807, 2.05) is 22.9 Å². The molecule has 4 nitrogen and oxygen atoms in total. The van der Waals surface area contributed by atoms with Crippen molar-refractivity contribution >= 4 is 17.2 Å². The summed E-state index contributed by atoms with van der Waals surface area (Å²) in [6.07, 6.45) is 0. The van der Waals surface area contributed by atoms with E-state index in [9.17, 15) is 9.18 Å². The predicted molar refractivity (Wildman–Crippen MR) is 92.3 cm³/mol. The summed E-state index contributed by atoms with van der Waals surface area (Å²) in [5, 5.41) is 4.04. The van der Waals surface area contributed by atoms with Crippen LogP contribution in [0, 0.1) is 5.82 Å². The lowest BCUT2D eigenvalue weighted by molar-refractivity contribution is -0.138. The Hall–Kier alpha value is -1.76. The maximum Gasteiger partial charge on any atom is 0.244 e. The normalized spacial score (nSPS) is 16.8. The molecule has 0 unspecified atom stereocenters. The highest BCUT2D eigenvalue weighted by molar-refractivity contribution is 7.07. The fraction of sp³-hybridized carbons (Fsp3) is 0.389. The number of ether oxygens (including phenoxy) is 1. The molecule has 1 aromatic heterocycles. The molecule has 1 aliphatic heterocycles. The third kappa shape index (κ3) is 4.01. The highest BCUT2D eigenvalue weighted by Gasteiger charge is 2.31. The minimum absolute atomic E-state index is 0.0197. The number of thiophene rings is 1. The third-order valence-corrected chi connectivity index (χ3v) is 4.92. The van der Waals surface area contributed by atoms with Crippen molar-refractivity contribution in [1.82, 2.24) is 9.80 Å². The first kappa shape index (κ1) is 17.1. The number of carbonyl (C=O) groups is 1. The third-order valence-electron chi connectivity index (χ3n) is 4.19. The molecule has 0 saturated carbocycles. The highest BCUT2D eigenvalue weighted by Crippen LogP contribution is 2.25. The van der Waals surface area contributed by atoms with Crippen LogP contribution in [-0.2, 0) is 16.1 Å². The molecule has 1 fully saturated rings. The van der Waals surface area contributed by atoms with Crippen LogP contribution < -0.4 is 0 Å². The molecule has 1 saturated heterocycles. The molecule has 2 heterocycles. The van der Waals surface area contributed by atoms with Crippen LogP contribution in [0.3, 0.4) is 0 Å². The molecule has 0 radical (unpaired) electrons. The van der Waals surface area contributed by atoms with Crippen LogP contribution in [0.4, 0.5) is 4.39 Å². The van der Waals surface area contributed by atoms with Gasteiger partial charge in [0.05, 0.1) is 13.2 Å². The van der Waals surface area contributed by atoms with Crippen LogP contribution in [-0.4, -0.2) is 49.1 Å². The summed E-state index contributed by atoms with van der Waals surface area (Å²) in [7, 11) is 1.80. The fourth-order valence-electron chi connectivity index (χ4n) is 2.97. The number of nitrogens with zero attached hydrogens (tertiary/aromatic N) is 2. The molecule has 2 aromatic rings. The molecule has 128 valence electrons. The number of amides is 1. The molecular formula is C18H21FN2O2S. The Bertz CT molecular complexity index is 671. The van der Waals surface area contributed by atoms with Gasteiger partial charge < -0.3 is 9.64 Å². The zero-order valence-electron chi connectivity index (χ0n) is 13.7. The second-order valence-corrected chi connectivity index (χ2v) is 6.71. The zero-order valence-corrected chi connectivity index (χ0v) is 14.5. The van der Waals surface area contributed by atoms with Gasteiger partial charge in [-0.2, -0.15) is 11.3 Å². The van der Waals surface area contributed by atoms with Gasteiger partial charge in [0, 0.05) is 26.7 Å². The number of morpholine rings is 1. The number of carbonyl (C=O) groups excluding carboxylic acids is 1. The SMILES string of the molecule is CN(Cc1ccsc1)C(=O)[C@@H](c1cccc(F)c1)N1CCOCC1. The van der Waals surface area contributed by atoms with Crippen LogP contribution in [0.25, 0.3) is 0 Å². The Kier molecular flexibility index (Phi) is 5.60. The molecule has 0 spiro atoms. The molecule has 1 aromatic carbocycles. The van der Waals surface area contributed by atoms with E-state index in [1.165, 1.54) is 12.1 Å². The van der Waals surface area contributed by atoms with Crippen LogP contribution in [0.2, 0.25) is 0 Å². The standard InChI is InChI=1S/C18H21FN2O2S/c1-20(12-14-5-10-24-13-14)18(22)17(21-6-8-23-9-7-21)15-3-2-4-16(19)11-15/h2-5,10-11,13,17H,6-9,12H2,1H3/t17-/m1/s1. The Morgan fingerprint density at radius 1 is 1.38 bits per heavy atom. The lowest BCUT2D eigenvalue weighted by Gasteiger charge is -2.35. The number of hydrogen-bond acceptors (Lipinski definition) is 4. The van der Waals surface area contributed by atoms with Crippen LogP contribution >= 0.6 is 11.3 Å². The fourth-order valence-corrected chi connectivity index (χ4v) is 3.62. The quantitative estimate of drug-likeness (QED) is 0.833.